The third-order valence-electron chi connectivity index (χ3n) is 3.48. The van der Waals surface area contributed by atoms with E-state index < -0.39 is 0 Å². The number of nitrogens with zero attached hydrogens (tertiary/aromatic N) is 2. The molecule has 0 aliphatic carbocycles. The maximum Gasteiger partial charge on any atom is 0.0714 e. The molecule has 1 aliphatic heterocycles. The van der Waals surface area contributed by atoms with Crippen molar-refractivity contribution in [2.75, 3.05) is 52.0 Å². The summed E-state index contributed by atoms with van der Waals surface area (Å²) in [5.41, 5.74) is 0. The minimum Gasteiger partial charge on any atom is -0.376 e. The Balaban J connectivity index is 2.14. The zero-order valence-electron chi connectivity index (χ0n) is 12.4. The van der Waals surface area contributed by atoms with Gasteiger partial charge in [-0.3, -0.25) is 9.80 Å². The number of rotatable bonds is 9. The molecule has 1 aliphatic rings. The Hall–Kier alpha value is 0.230. The molecule has 0 amide bonds. The number of morpholine rings is 1. The lowest BCUT2D eigenvalue weighted by Gasteiger charge is -2.33. The van der Waals surface area contributed by atoms with Crippen molar-refractivity contribution in [3.8, 4) is 0 Å². The van der Waals surface area contributed by atoms with Gasteiger partial charge in [0.25, 0.3) is 0 Å². The van der Waals surface area contributed by atoms with Crippen LogP contribution in [0.25, 0.3) is 0 Å². The van der Waals surface area contributed by atoms with Crippen molar-refractivity contribution in [1.82, 2.24) is 9.80 Å². The molecule has 108 valence electrons. The molecule has 0 saturated carbocycles. The monoisotopic (exact) mass is 274 g/mol. The maximum atomic E-state index is 5.87. The Bertz CT molecular complexity index is 204. The van der Waals surface area contributed by atoms with Crippen molar-refractivity contribution in [3.05, 3.63) is 0 Å². The van der Waals surface area contributed by atoms with Crippen molar-refractivity contribution in [2.24, 2.45) is 0 Å². The van der Waals surface area contributed by atoms with Gasteiger partial charge in [0, 0.05) is 25.5 Å². The Morgan fingerprint density at radius 2 is 2.22 bits per heavy atom. The minimum absolute atomic E-state index is 0.449. The zero-order chi connectivity index (χ0) is 13.2. The molecule has 0 spiro atoms. The molecule has 1 heterocycles. The average Bonchev–Trinajstić information content (AvgIpc) is 2.38. The van der Waals surface area contributed by atoms with E-state index in [1.54, 1.807) is 0 Å². The molecule has 0 aromatic carbocycles. The van der Waals surface area contributed by atoms with Crippen LogP contribution in [-0.4, -0.2) is 67.9 Å². The van der Waals surface area contributed by atoms with Gasteiger partial charge in [-0.2, -0.15) is 0 Å². The Kier molecular flexibility index (Phi) is 9.11. The van der Waals surface area contributed by atoms with E-state index in [2.05, 4.69) is 30.0 Å². The topological polar surface area (TPSA) is 15.7 Å². The van der Waals surface area contributed by atoms with E-state index >= 15 is 0 Å². The smallest absolute Gasteiger partial charge is 0.0714 e. The van der Waals surface area contributed by atoms with E-state index in [1.807, 2.05) is 11.8 Å². The summed E-state index contributed by atoms with van der Waals surface area (Å²) >= 11 is 1.89. The number of thioether (sulfide) groups is 1. The Labute approximate surface area is 117 Å². The van der Waals surface area contributed by atoms with E-state index in [1.165, 1.54) is 32.2 Å². The fraction of sp³-hybridized carbons (Fsp3) is 1.00. The summed E-state index contributed by atoms with van der Waals surface area (Å²) in [6, 6.07) is 0. The van der Waals surface area contributed by atoms with E-state index in [0.29, 0.717) is 6.10 Å². The van der Waals surface area contributed by atoms with Crippen LogP contribution >= 0.6 is 11.8 Å². The van der Waals surface area contributed by atoms with Gasteiger partial charge in [-0.25, -0.2) is 0 Å². The van der Waals surface area contributed by atoms with E-state index in [4.69, 9.17) is 4.74 Å². The summed E-state index contributed by atoms with van der Waals surface area (Å²) in [5.74, 6) is 1.12. The van der Waals surface area contributed by atoms with Crippen LogP contribution in [0.3, 0.4) is 0 Å². The van der Waals surface area contributed by atoms with Gasteiger partial charge in [-0.05, 0) is 32.7 Å². The molecule has 1 atom stereocenters. The first-order chi connectivity index (χ1) is 8.76. The predicted octanol–water partition coefficient (Wildman–Crippen LogP) is 2.52. The molecule has 1 fully saturated rings. The second-order valence-electron chi connectivity index (χ2n) is 5.29. The number of hydrogen-bond acceptors (Lipinski definition) is 4. The molecule has 1 saturated heterocycles. The van der Waals surface area contributed by atoms with Gasteiger partial charge in [-0.1, -0.05) is 19.8 Å². The van der Waals surface area contributed by atoms with Crippen molar-refractivity contribution in [3.63, 3.8) is 0 Å². The summed E-state index contributed by atoms with van der Waals surface area (Å²) in [6.07, 6.45) is 7.79. The normalized spacial score (nSPS) is 21.7. The molecule has 3 nitrogen and oxygen atoms in total. The molecule has 18 heavy (non-hydrogen) atoms. The lowest BCUT2D eigenvalue weighted by molar-refractivity contribution is -0.0347. The summed E-state index contributed by atoms with van der Waals surface area (Å²) in [6.45, 7) is 7.85. The highest BCUT2D eigenvalue weighted by atomic mass is 32.2. The second kappa shape index (κ2) is 10.1. The molecule has 0 aromatic rings. The fourth-order valence-electron chi connectivity index (χ4n) is 2.39. The molecule has 1 rings (SSSR count). The Morgan fingerprint density at radius 1 is 1.39 bits per heavy atom. The molecule has 0 radical (unpaired) electrons. The lowest BCUT2D eigenvalue weighted by Crippen LogP contribution is -2.43. The molecular weight excluding hydrogens is 244 g/mol. The fourth-order valence-corrected chi connectivity index (χ4v) is 2.96. The molecule has 0 bridgehead atoms. The SMILES string of the molecule is CCCCCN1CCO[C@H](CCN(C)CSC)C1. The summed E-state index contributed by atoms with van der Waals surface area (Å²) in [4.78, 5) is 4.96. The summed E-state index contributed by atoms with van der Waals surface area (Å²) in [7, 11) is 2.19. The standard InChI is InChI=1S/C14H30N2OS/c1-4-5-6-8-16-10-11-17-14(12-16)7-9-15(2)13-18-3/h14H,4-13H2,1-3H3/t14-/m1/s1. The van der Waals surface area contributed by atoms with Crippen LogP contribution in [0.2, 0.25) is 0 Å². The van der Waals surface area contributed by atoms with Gasteiger partial charge in [-0.15, -0.1) is 11.8 Å². The zero-order valence-corrected chi connectivity index (χ0v) is 13.2. The van der Waals surface area contributed by atoms with E-state index in [-0.39, 0.29) is 0 Å². The number of ether oxygens (including phenoxy) is 1. The Morgan fingerprint density at radius 3 is 2.94 bits per heavy atom. The highest BCUT2D eigenvalue weighted by molar-refractivity contribution is 7.98. The van der Waals surface area contributed by atoms with Crippen molar-refractivity contribution < 1.29 is 4.74 Å². The van der Waals surface area contributed by atoms with E-state index in [9.17, 15) is 0 Å². The third-order valence-corrected chi connectivity index (χ3v) is 4.18. The van der Waals surface area contributed by atoms with Crippen LogP contribution in [0.1, 0.15) is 32.6 Å². The van der Waals surface area contributed by atoms with Crippen LogP contribution in [0.5, 0.6) is 0 Å². The van der Waals surface area contributed by atoms with Crippen LogP contribution in [0.15, 0.2) is 0 Å². The van der Waals surface area contributed by atoms with Crippen LogP contribution in [0, 0.1) is 0 Å². The van der Waals surface area contributed by atoms with E-state index in [0.717, 1.165) is 32.1 Å². The highest BCUT2D eigenvalue weighted by Gasteiger charge is 2.19. The molecule has 4 heteroatoms. The van der Waals surface area contributed by atoms with Crippen molar-refractivity contribution in [1.29, 1.82) is 0 Å². The van der Waals surface area contributed by atoms with Gasteiger partial charge in [0.1, 0.15) is 0 Å². The quantitative estimate of drug-likeness (QED) is 0.474. The third kappa shape index (κ3) is 6.98. The van der Waals surface area contributed by atoms with Gasteiger partial charge in [0.2, 0.25) is 0 Å². The van der Waals surface area contributed by atoms with Gasteiger partial charge >= 0.3 is 0 Å². The largest absolute Gasteiger partial charge is 0.376 e. The number of hydrogen-bond donors (Lipinski definition) is 0. The molecular formula is C14H30N2OS. The predicted molar refractivity (Wildman–Crippen MR) is 81.3 cm³/mol. The second-order valence-corrected chi connectivity index (χ2v) is 6.12. The van der Waals surface area contributed by atoms with Crippen LogP contribution in [-0.2, 0) is 4.74 Å². The minimum atomic E-state index is 0.449. The average molecular weight is 274 g/mol. The summed E-state index contributed by atoms with van der Waals surface area (Å²) < 4.78 is 5.87. The first kappa shape index (κ1) is 16.3. The lowest BCUT2D eigenvalue weighted by atomic mass is 10.2. The van der Waals surface area contributed by atoms with Crippen molar-refractivity contribution >= 4 is 11.8 Å². The van der Waals surface area contributed by atoms with Gasteiger partial charge in [0.05, 0.1) is 12.7 Å². The van der Waals surface area contributed by atoms with Crippen LogP contribution in [0.4, 0.5) is 0 Å². The molecule has 0 N–H and O–H groups in total. The maximum absolute atomic E-state index is 5.87. The van der Waals surface area contributed by atoms with Crippen LogP contribution < -0.4 is 0 Å². The number of unbranched alkanes of at least 4 members (excludes halogenated alkanes) is 2. The van der Waals surface area contributed by atoms with Crippen molar-refractivity contribution in [2.45, 2.75) is 38.7 Å². The highest BCUT2D eigenvalue weighted by Crippen LogP contribution is 2.11. The summed E-state index contributed by atoms with van der Waals surface area (Å²) in [5, 5.41) is 0. The molecule has 0 aromatic heterocycles. The van der Waals surface area contributed by atoms with Gasteiger partial charge in [0.15, 0.2) is 0 Å². The molecule has 0 unspecified atom stereocenters. The van der Waals surface area contributed by atoms with Gasteiger partial charge < -0.3 is 4.74 Å². The first-order valence-corrected chi connectivity index (χ1v) is 8.67. The first-order valence-electron chi connectivity index (χ1n) is 7.27.